The molecule has 0 saturated heterocycles. The Hall–Kier alpha value is -1.11. The molecule has 0 aliphatic carbocycles. The van der Waals surface area contributed by atoms with Crippen molar-refractivity contribution in [2.24, 2.45) is 0 Å². The number of hydrogen-bond acceptors (Lipinski definition) is 4. The number of hydrogen-bond donors (Lipinski definition) is 3. The molecule has 96 valence electrons. The van der Waals surface area contributed by atoms with Crippen LogP contribution >= 0.6 is 0 Å². The van der Waals surface area contributed by atoms with E-state index in [2.05, 4.69) is 4.72 Å². The molecule has 0 aliphatic rings. The lowest BCUT2D eigenvalue weighted by molar-refractivity contribution is 0.208. The Morgan fingerprint density at radius 3 is 2.53 bits per heavy atom. The molecule has 0 bridgehead atoms. The summed E-state index contributed by atoms with van der Waals surface area (Å²) < 4.78 is 26.6. The standard InChI is InChI=1S/C11H18N2O3S/c1-8-9(12)5-4-6-10(8)17(15,16)13-11(2,3)7-14/h4-6,13-14H,7,12H2,1-3H3. The zero-order valence-electron chi connectivity index (χ0n) is 10.2. The van der Waals surface area contributed by atoms with Crippen LogP contribution < -0.4 is 10.5 Å². The van der Waals surface area contributed by atoms with Crippen molar-refractivity contribution in [2.75, 3.05) is 12.3 Å². The lowest BCUT2D eigenvalue weighted by atomic mass is 10.1. The van der Waals surface area contributed by atoms with Crippen LogP contribution in [0.15, 0.2) is 23.1 Å². The Morgan fingerprint density at radius 2 is 2.00 bits per heavy atom. The Balaban J connectivity index is 3.19. The first kappa shape index (κ1) is 14.0. The molecule has 0 spiro atoms. The van der Waals surface area contributed by atoms with Crippen molar-refractivity contribution in [3.8, 4) is 0 Å². The third-order valence-electron chi connectivity index (χ3n) is 2.42. The van der Waals surface area contributed by atoms with Crippen molar-refractivity contribution in [2.45, 2.75) is 31.2 Å². The highest BCUT2D eigenvalue weighted by Gasteiger charge is 2.26. The van der Waals surface area contributed by atoms with Gasteiger partial charge in [0, 0.05) is 5.69 Å². The van der Waals surface area contributed by atoms with Gasteiger partial charge in [0.05, 0.1) is 17.0 Å². The van der Waals surface area contributed by atoms with E-state index in [-0.39, 0.29) is 11.5 Å². The topological polar surface area (TPSA) is 92.4 Å². The van der Waals surface area contributed by atoms with Crippen molar-refractivity contribution in [3.05, 3.63) is 23.8 Å². The summed E-state index contributed by atoms with van der Waals surface area (Å²) in [5, 5.41) is 9.08. The van der Waals surface area contributed by atoms with Crippen LogP contribution in [-0.2, 0) is 10.0 Å². The highest BCUT2D eigenvalue weighted by atomic mass is 32.2. The van der Waals surface area contributed by atoms with Gasteiger partial charge in [-0.1, -0.05) is 6.07 Å². The van der Waals surface area contributed by atoms with Gasteiger partial charge in [0.15, 0.2) is 0 Å². The minimum Gasteiger partial charge on any atom is -0.398 e. The lowest BCUT2D eigenvalue weighted by Gasteiger charge is -2.23. The van der Waals surface area contributed by atoms with Crippen molar-refractivity contribution in [3.63, 3.8) is 0 Å². The summed E-state index contributed by atoms with van der Waals surface area (Å²) >= 11 is 0. The van der Waals surface area contributed by atoms with E-state index in [1.165, 1.54) is 6.07 Å². The van der Waals surface area contributed by atoms with Crippen LogP contribution in [0.5, 0.6) is 0 Å². The molecule has 0 atom stereocenters. The maximum absolute atomic E-state index is 12.1. The number of nitrogens with one attached hydrogen (secondary N) is 1. The van der Waals surface area contributed by atoms with E-state index >= 15 is 0 Å². The molecule has 4 N–H and O–H groups in total. The fourth-order valence-corrected chi connectivity index (χ4v) is 3.05. The smallest absolute Gasteiger partial charge is 0.241 e. The molecule has 0 saturated carbocycles. The fourth-order valence-electron chi connectivity index (χ4n) is 1.37. The summed E-state index contributed by atoms with van der Waals surface area (Å²) in [6.07, 6.45) is 0. The van der Waals surface area contributed by atoms with Gasteiger partial charge in [-0.2, -0.15) is 0 Å². The second-order valence-electron chi connectivity index (χ2n) is 4.62. The number of nitrogen functional groups attached to an aromatic ring is 1. The van der Waals surface area contributed by atoms with E-state index in [0.717, 1.165) is 0 Å². The third kappa shape index (κ3) is 3.18. The highest BCUT2D eigenvalue weighted by molar-refractivity contribution is 7.89. The SMILES string of the molecule is Cc1c(N)cccc1S(=O)(=O)NC(C)(C)CO. The number of aliphatic hydroxyl groups excluding tert-OH is 1. The summed E-state index contributed by atoms with van der Waals surface area (Å²) in [5.41, 5.74) is 5.70. The molecule has 0 heterocycles. The summed E-state index contributed by atoms with van der Waals surface area (Å²) in [6, 6.07) is 4.72. The fraction of sp³-hybridized carbons (Fsp3) is 0.455. The second kappa shape index (κ2) is 4.64. The van der Waals surface area contributed by atoms with Gasteiger partial charge in [-0.25, -0.2) is 13.1 Å². The molecule has 0 fully saturated rings. The lowest BCUT2D eigenvalue weighted by Crippen LogP contribution is -2.46. The predicted molar refractivity (Wildman–Crippen MR) is 67.1 cm³/mol. The zero-order chi connectivity index (χ0) is 13.3. The number of rotatable bonds is 4. The van der Waals surface area contributed by atoms with Gasteiger partial charge in [0.25, 0.3) is 0 Å². The molecular weight excluding hydrogens is 240 g/mol. The monoisotopic (exact) mass is 258 g/mol. The maximum atomic E-state index is 12.1. The third-order valence-corrected chi connectivity index (χ3v) is 4.26. The number of aliphatic hydroxyl groups is 1. The Labute approximate surface area is 102 Å². The summed E-state index contributed by atoms with van der Waals surface area (Å²) in [7, 11) is -3.67. The first-order valence-electron chi connectivity index (χ1n) is 5.19. The molecule has 0 amide bonds. The summed E-state index contributed by atoms with van der Waals surface area (Å²) in [5.74, 6) is 0. The molecule has 0 radical (unpaired) electrons. The van der Waals surface area contributed by atoms with Gasteiger partial charge in [-0.3, -0.25) is 0 Å². The number of nitrogens with two attached hydrogens (primary N) is 1. The second-order valence-corrected chi connectivity index (χ2v) is 6.27. The van der Waals surface area contributed by atoms with Crippen LogP contribution in [-0.4, -0.2) is 25.7 Å². The van der Waals surface area contributed by atoms with E-state index in [4.69, 9.17) is 10.8 Å². The van der Waals surface area contributed by atoms with E-state index < -0.39 is 15.6 Å². The van der Waals surface area contributed by atoms with Gasteiger partial charge in [0.2, 0.25) is 10.0 Å². The quantitative estimate of drug-likeness (QED) is 0.690. The maximum Gasteiger partial charge on any atom is 0.241 e. The first-order chi connectivity index (χ1) is 7.69. The number of anilines is 1. The van der Waals surface area contributed by atoms with Gasteiger partial charge in [-0.05, 0) is 38.5 Å². The van der Waals surface area contributed by atoms with E-state index in [1.54, 1.807) is 32.9 Å². The van der Waals surface area contributed by atoms with Gasteiger partial charge in [-0.15, -0.1) is 0 Å². The molecular formula is C11H18N2O3S. The Morgan fingerprint density at radius 1 is 1.41 bits per heavy atom. The van der Waals surface area contributed by atoms with Crippen LogP contribution in [0.4, 0.5) is 5.69 Å². The largest absolute Gasteiger partial charge is 0.398 e. The molecule has 1 rings (SSSR count). The van der Waals surface area contributed by atoms with Crippen LogP contribution in [0.25, 0.3) is 0 Å². The number of sulfonamides is 1. The molecule has 0 aliphatic heterocycles. The van der Waals surface area contributed by atoms with Crippen LogP contribution in [0.3, 0.4) is 0 Å². The normalized spacial score (nSPS) is 12.7. The van der Waals surface area contributed by atoms with Crippen LogP contribution in [0, 0.1) is 6.92 Å². The van der Waals surface area contributed by atoms with Gasteiger partial charge < -0.3 is 10.8 Å². The molecule has 0 unspecified atom stereocenters. The average molecular weight is 258 g/mol. The van der Waals surface area contributed by atoms with Gasteiger partial charge in [0.1, 0.15) is 0 Å². The van der Waals surface area contributed by atoms with Crippen LogP contribution in [0.1, 0.15) is 19.4 Å². The Bertz CT molecular complexity index is 509. The molecule has 5 nitrogen and oxygen atoms in total. The summed E-state index contributed by atoms with van der Waals surface area (Å²) in [4.78, 5) is 0.138. The molecule has 1 aromatic rings. The van der Waals surface area contributed by atoms with Crippen molar-refractivity contribution in [1.29, 1.82) is 0 Å². The van der Waals surface area contributed by atoms with Crippen LogP contribution in [0.2, 0.25) is 0 Å². The molecule has 6 heteroatoms. The van der Waals surface area contributed by atoms with E-state index in [0.29, 0.717) is 11.3 Å². The zero-order valence-corrected chi connectivity index (χ0v) is 11.0. The molecule has 0 aromatic heterocycles. The van der Waals surface area contributed by atoms with E-state index in [9.17, 15) is 8.42 Å². The minimum absolute atomic E-state index is 0.138. The highest BCUT2D eigenvalue weighted by Crippen LogP contribution is 2.21. The molecule has 17 heavy (non-hydrogen) atoms. The van der Waals surface area contributed by atoms with E-state index in [1.807, 2.05) is 0 Å². The Kier molecular flexibility index (Phi) is 3.81. The van der Waals surface area contributed by atoms with Crippen molar-refractivity contribution >= 4 is 15.7 Å². The van der Waals surface area contributed by atoms with Crippen molar-refractivity contribution < 1.29 is 13.5 Å². The van der Waals surface area contributed by atoms with Gasteiger partial charge >= 0.3 is 0 Å². The summed E-state index contributed by atoms with van der Waals surface area (Å²) in [6.45, 7) is 4.57. The average Bonchev–Trinajstić information content (AvgIpc) is 2.20. The number of benzene rings is 1. The first-order valence-corrected chi connectivity index (χ1v) is 6.68. The predicted octanol–water partition coefficient (Wildman–Crippen LogP) is 0.626. The van der Waals surface area contributed by atoms with Crippen molar-refractivity contribution in [1.82, 2.24) is 4.72 Å². The molecule has 1 aromatic carbocycles. The minimum atomic E-state index is -3.67.